The van der Waals surface area contributed by atoms with Crippen LogP contribution in [0.3, 0.4) is 0 Å². The van der Waals surface area contributed by atoms with Crippen molar-refractivity contribution in [3.63, 3.8) is 0 Å². The Morgan fingerprint density at radius 2 is 2.00 bits per heavy atom. The highest BCUT2D eigenvalue weighted by Crippen LogP contribution is 2.13. The van der Waals surface area contributed by atoms with Crippen molar-refractivity contribution < 1.29 is 8.78 Å². The summed E-state index contributed by atoms with van der Waals surface area (Å²) in [5, 5.41) is 3.25. The molecule has 17 heavy (non-hydrogen) atoms. The molecule has 5 heteroatoms. The van der Waals surface area contributed by atoms with E-state index in [0.29, 0.717) is 18.7 Å². The van der Waals surface area contributed by atoms with Gasteiger partial charge in [-0.05, 0) is 17.7 Å². The summed E-state index contributed by atoms with van der Waals surface area (Å²) in [6, 6.07) is 3.87. The highest BCUT2D eigenvalue weighted by molar-refractivity contribution is 5.18. The lowest BCUT2D eigenvalue weighted by atomic mass is 10.1. The fraction of sp³-hybridized carbons (Fsp3) is 0.500. The SMILES string of the molecule is NCC1CNCCN1Cc1cc(F)cc(F)c1. The van der Waals surface area contributed by atoms with Crippen molar-refractivity contribution in [2.45, 2.75) is 12.6 Å². The largest absolute Gasteiger partial charge is 0.329 e. The van der Waals surface area contributed by atoms with Gasteiger partial charge in [0.1, 0.15) is 11.6 Å². The first-order valence-corrected chi connectivity index (χ1v) is 5.79. The maximum atomic E-state index is 13.1. The minimum absolute atomic E-state index is 0.232. The van der Waals surface area contributed by atoms with Crippen LogP contribution in [0.4, 0.5) is 8.78 Å². The number of benzene rings is 1. The number of nitrogens with two attached hydrogens (primary N) is 1. The van der Waals surface area contributed by atoms with Gasteiger partial charge in [0, 0.05) is 44.8 Å². The average Bonchev–Trinajstić information content (AvgIpc) is 2.28. The summed E-state index contributed by atoms with van der Waals surface area (Å²) in [5.41, 5.74) is 6.33. The first-order chi connectivity index (χ1) is 8.19. The van der Waals surface area contributed by atoms with Gasteiger partial charge >= 0.3 is 0 Å². The molecule has 1 aliphatic rings. The van der Waals surface area contributed by atoms with Gasteiger partial charge in [0.25, 0.3) is 0 Å². The predicted molar refractivity (Wildman–Crippen MR) is 62.5 cm³/mol. The van der Waals surface area contributed by atoms with Crippen LogP contribution in [-0.4, -0.2) is 37.1 Å². The molecule has 3 N–H and O–H groups in total. The molecule has 0 spiro atoms. The molecule has 0 radical (unpaired) electrons. The number of hydrogen-bond donors (Lipinski definition) is 2. The zero-order chi connectivity index (χ0) is 12.3. The number of hydrogen-bond acceptors (Lipinski definition) is 3. The number of nitrogens with zero attached hydrogens (tertiary/aromatic N) is 1. The van der Waals surface area contributed by atoms with Gasteiger partial charge in [0.2, 0.25) is 0 Å². The molecule has 1 aromatic carbocycles. The van der Waals surface area contributed by atoms with E-state index in [9.17, 15) is 8.78 Å². The van der Waals surface area contributed by atoms with Gasteiger partial charge in [-0.3, -0.25) is 4.90 Å². The van der Waals surface area contributed by atoms with E-state index in [4.69, 9.17) is 5.73 Å². The highest BCUT2D eigenvalue weighted by atomic mass is 19.1. The number of halogens is 2. The normalized spacial score (nSPS) is 21.7. The van der Waals surface area contributed by atoms with Gasteiger partial charge in [-0.1, -0.05) is 0 Å². The molecule has 1 unspecified atom stereocenters. The van der Waals surface area contributed by atoms with E-state index in [-0.39, 0.29) is 6.04 Å². The van der Waals surface area contributed by atoms with Crippen LogP contribution in [0.5, 0.6) is 0 Å². The number of rotatable bonds is 3. The second-order valence-corrected chi connectivity index (χ2v) is 4.34. The topological polar surface area (TPSA) is 41.3 Å². The van der Waals surface area contributed by atoms with Crippen molar-refractivity contribution in [1.82, 2.24) is 10.2 Å². The predicted octanol–water partition coefficient (Wildman–Crippen LogP) is 0.697. The van der Waals surface area contributed by atoms with Crippen molar-refractivity contribution in [1.29, 1.82) is 0 Å². The van der Waals surface area contributed by atoms with Gasteiger partial charge in [0.15, 0.2) is 0 Å². The molecular weight excluding hydrogens is 224 g/mol. The first-order valence-electron chi connectivity index (χ1n) is 5.79. The average molecular weight is 241 g/mol. The molecule has 0 amide bonds. The van der Waals surface area contributed by atoms with Crippen LogP contribution in [0, 0.1) is 11.6 Å². The quantitative estimate of drug-likeness (QED) is 0.818. The Morgan fingerprint density at radius 1 is 1.29 bits per heavy atom. The van der Waals surface area contributed by atoms with Crippen molar-refractivity contribution in [2.75, 3.05) is 26.2 Å². The van der Waals surface area contributed by atoms with E-state index in [1.807, 2.05) is 0 Å². The molecule has 3 nitrogen and oxygen atoms in total. The summed E-state index contributed by atoms with van der Waals surface area (Å²) in [6.07, 6.45) is 0. The molecule has 1 aliphatic heterocycles. The third-order valence-corrected chi connectivity index (χ3v) is 3.05. The van der Waals surface area contributed by atoms with Gasteiger partial charge in [0.05, 0.1) is 0 Å². The van der Waals surface area contributed by atoms with Crippen molar-refractivity contribution in [2.24, 2.45) is 5.73 Å². The van der Waals surface area contributed by atoms with Gasteiger partial charge in [-0.15, -0.1) is 0 Å². The summed E-state index contributed by atoms with van der Waals surface area (Å²) in [5.74, 6) is -1.06. The Hall–Kier alpha value is -1.04. The van der Waals surface area contributed by atoms with Crippen LogP contribution in [0.2, 0.25) is 0 Å². The van der Waals surface area contributed by atoms with Crippen LogP contribution in [-0.2, 0) is 6.54 Å². The Labute approximate surface area is 99.6 Å². The first kappa shape index (κ1) is 12.4. The van der Waals surface area contributed by atoms with E-state index in [1.54, 1.807) is 0 Å². The Kier molecular flexibility index (Phi) is 4.04. The van der Waals surface area contributed by atoms with E-state index in [1.165, 1.54) is 12.1 Å². The molecule has 0 aromatic heterocycles. The lowest BCUT2D eigenvalue weighted by molar-refractivity contribution is 0.157. The molecule has 1 atom stereocenters. The van der Waals surface area contributed by atoms with Gasteiger partial charge < -0.3 is 11.1 Å². The Morgan fingerprint density at radius 3 is 2.65 bits per heavy atom. The van der Waals surface area contributed by atoms with Crippen LogP contribution in [0.1, 0.15) is 5.56 Å². The fourth-order valence-corrected chi connectivity index (χ4v) is 2.18. The summed E-state index contributed by atoms with van der Waals surface area (Å²) in [4.78, 5) is 2.16. The zero-order valence-electron chi connectivity index (χ0n) is 9.63. The van der Waals surface area contributed by atoms with E-state index >= 15 is 0 Å². The molecule has 0 aliphatic carbocycles. The highest BCUT2D eigenvalue weighted by Gasteiger charge is 2.20. The fourth-order valence-electron chi connectivity index (χ4n) is 2.18. The van der Waals surface area contributed by atoms with Crippen LogP contribution in [0.15, 0.2) is 18.2 Å². The lowest BCUT2D eigenvalue weighted by Crippen LogP contribution is -2.53. The van der Waals surface area contributed by atoms with Crippen LogP contribution >= 0.6 is 0 Å². The van der Waals surface area contributed by atoms with Gasteiger partial charge in [-0.2, -0.15) is 0 Å². The molecule has 1 fully saturated rings. The second kappa shape index (κ2) is 5.53. The molecule has 94 valence electrons. The smallest absolute Gasteiger partial charge is 0.126 e. The zero-order valence-corrected chi connectivity index (χ0v) is 9.63. The number of nitrogens with one attached hydrogen (secondary N) is 1. The van der Waals surface area contributed by atoms with E-state index < -0.39 is 11.6 Å². The molecule has 1 saturated heterocycles. The summed E-state index contributed by atoms with van der Waals surface area (Å²) in [7, 11) is 0. The minimum atomic E-state index is -0.528. The minimum Gasteiger partial charge on any atom is -0.329 e. The Balaban J connectivity index is 2.08. The maximum Gasteiger partial charge on any atom is 0.126 e. The van der Waals surface area contributed by atoms with Crippen molar-refractivity contribution in [3.05, 3.63) is 35.4 Å². The summed E-state index contributed by atoms with van der Waals surface area (Å²) < 4.78 is 26.1. The lowest BCUT2D eigenvalue weighted by Gasteiger charge is -2.35. The monoisotopic (exact) mass is 241 g/mol. The molecule has 1 aromatic rings. The van der Waals surface area contributed by atoms with Crippen molar-refractivity contribution >= 4 is 0 Å². The summed E-state index contributed by atoms with van der Waals surface area (Å²) in [6.45, 7) is 3.64. The van der Waals surface area contributed by atoms with Crippen LogP contribution in [0.25, 0.3) is 0 Å². The van der Waals surface area contributed by atoms with Gasteiger partial charge in [-0.25, -0.2) is 8.78 Å². The van der Waals surface area contributed by atoms with E-state index in [0.717, 1.165) is 25.7 Å². The second-order valence-electron chi connectivity index (χ2n) is 4.34. The Bertz CT molecular complexity index is 364. The summed E-state index contributed by atoms with van der Waals surface area (Å²) >= 11 is 0. The molecule has 0 saturated carbocycles. The molecule has 2 rings (SSSR count). The molecular formula is C12H17F2N3. The maximum absolute atomic E-state index is 13.1. The molecule has 1 heterocycles. The van der Waals surface area contributed by atoms with E-state index in [2.05, 4.69) is 10.2 Å². The third kappa shape index (κ3) is 3.21. The van der Waals surface area contributed by atoms with Crippen molar-refractivity contribution in [3.8, 4) is 0 Å². The number of piperazine rings is 1. The van der Waals surface area contributed by atoms with Crippen LogP contribution < -0.4 is 11.1 Å². The standard InChI is InChI=1S/C12H17F2N3/c13-10-3-9(4-11(14)5-10)8-17-2-1-16-7-12(17)6-15/h3-5,12,16H,1-2,6-8,15H2. The third-order valence-electron chi connectivity index (χ3n) is 3.05. The molecule has 0 bridgehead atoms.